The number of Topliss-reactive ketones (excluding diaryl/α,β-unsaturated/α-hetero) is 1. The molecule has 100 valence electrons. The van der Waals surface area contributed by atoms with Crippen LogP contribution in [0.2, 0.25) is 5.02 Å². The molecule has 20 heavy (non-hydrogen) atoms. The van der Waals surface area contributed by atoms with Gasteiger partial charge in [0.1, 0.15) is 0 Å². The normalized spacial score (nSPS) is 10.9. The molecule has 3 aromatic rings. The van der Waals surface area contributed by atoms with Gasteiger partial charge in [-0.2, -0.15) is 0 Å². The molecule has 0 atom stereocenters. The van der Waals surface area contributed by atoms with Crippen molar-refractivity contribution in [2.24, 2.45) is 0 Å². The number of carbonyl (C=O) groups excluding carboxylic acids is 1. The van der Waals surface area contributed by atoms with Gasteiger partial charge < -0.3 is 4.98 Å². The van der Waals surface area contributed by atoms with Crippen molar-refractivity contribution >= 4 is 44.2 Å². The van der Waals surface area contributed by atoms with E-state index in [4.69, 9.17) is 11.6 Å². The highest BCUT2D eigenvalue weighted by atomic mass is 79.9. The summed E-state index contributed by atoms with van der Waals surface area (Å²) < 4.78 is 0.922. The Bertz CT molecular complexity index is 794. The maximum atomic E-state index is 12.5. The van der Waals surface area contributed by atoms with Gasteiger partial charge in [-0.15, -0.1) is 0 Å². The van der Waals surface area contributed by atoms with Crippen LogP contribution >= 0.6 is 27.5 Å². The minimum Gasteiger partial charge on any atom is -0.360 e. The van der Waals surface area contributed by atoms with Crippen molar-refractivity contribution in [2.45, 2.75) is 6.42 Å². The van der Waals surface area contributed by atoms with E-state index in [0.29, 0.717) is 17.0 Å². The fourth-order valence-electron chi connectivity index (χ4n) is 2.29. The first kappa shape index (κ1) is 13.4. The Labute approximate surface area is 129 Å². The van der Waals surface area contributed by atoms with Gasteiger partial charge in [0, 0.05) is 38.6 Å². The van der Waals surface area contributed by atoms with E-state index in [2.05, 4.69) is 20.9 Å². The standard InChI is InChI=1S/C16H11BrClNO/c17-13-5-2-6-14-16(13)12(9-19-14)15(20)8-10-3-1-4-11(18)7-10/h1-7,9,19H,8H2. The number of aromatic amines is 1. The number of benzene rings is 2. The molecule has 0 radical (unpaired) electrons. The quantitative estimate of drug-likeness (QED) is 0.663. The summed E-state index contributed by atoms with van der Waals surface area (Å²) in [6.45, 7) is 0. The van der Waals surface area contributed by atoms with Crippen LogP contribution in [0.1, 0.15) is 15.9 Å². The van der Waals surface area contributed by atoms with E-state index in [0.717, 1.165) is 20.9 Å². The monoisotopic (exact) mass is 347 g/mol. The van der Waals surface area contributed by atoms with Crippen molar-refractivity contribution in [2.75, 3.05) is 0 Å². The van der Waals surface area contributed by atoms with E-state index >= 15 is 0 Å². The zero-order chi connectivity index (χ0) is 14.1. The lowest BCUT2D eigenvalue weighted by Crippen LogP contribution is -2.02. The predicted octanol–water partition coefficient (Wildman–Crippen LogP) is 5.01. The molecule has 3 rings (SSSR count). The molecule has 1 N–H and O–H groups in total. The van der Waals surface area contributed by atoms with Gasteiger partial charge in [-0.25, -0.2) is 0 Å². The van der Waals surface area contributed by atoms with Crippen molar-refractivity contribution < 1.29 is 4.79 Å². The molecule has 1 heterocycles. The second kappa shape index (κ2) is 5.43. The number of H-pyrrole nitrogens is 1. The molecule has 0 bridgehead atoms. The molecule has 0 fully saturated rings. The number of fused-ring (bicyclic) bond motifs is 1. The average molecular weight is 349 g/mol. The Kier molecular flexibility index (Phi) is 3.64. The molecule has 0 spiro atoms. The number of halogens is 2. The molecule has 2 aromatic carbocycles. The number of rotatable bonds is 3. The first-order valence-electron chi connectivity index (χ1n) is 6.18. The molecule has 0 unspecified atom stereocenters. The Morgan fingerprint density at radius 3 is 2.80 bits per heavy atom. The van der Waals surface area contributed by atoms with E-state index in [1.807, 2.05) is 36.4 Å². The Balaban J connectivity index is 1.97. The molecule has 2 nitrogen and oxygen atoms in total. The van der Waals surface area contributed by atoms with Crippen LogP contribution in [0.25, 0.3) is 10.9 Å². The number of ketones is 1. The highest BCUT2D eigenvalue weighted by Gasteiger charge is 2.14. The van der Waals surface area contributed by atoms with Gasteiger partial charge in [-0.05, 0) is 29.8 Å². The van der Waals surface area contributed by atoms with Crippen LogP contribution < -0.4 is 0 Å². The maximum Gasteiger partial charge on any atom is 0.169 e. The Morgan fingerprint density at radius 1 is 1.20 bits per heavy atom. The lowest BCUT2D eigenvalue weighted by molar-refractivity contribution is 0.0994. The molecular weight excluding hydrogens is 338 g/mol. The van der Waals surface area contributed by atoms with Crippen molar-refractivity contribution in [3.05, 3.63) is 69.3 Å². The topological polar surface area (TPSA) is 32.9 Å². The van der Waals surface area contributed by atoms with Crippen molar-refractivity contribution in [3.63, 3.8) is 0 Å². The van der Waals surface area contributed by atoms with E-state index in [1.165, 1.54) is 0 Å². The van der Waals surface area contributed by atoms with Crippen LogP contribution in [-0.2, 0) is 6.42 Å². The summed E-state index contributed by atoms with van der Waals surface area (Å²) >= 11 is 9.45. The molecule has 0 aliphatic carbocycles. The first-order chi connectivity index (χ1) is 9.65. The molecule has 0 aliphatic heterocycles. The smallest absolute Gasteiger partial charge is 0.169 e. The van der Waals surface area contributed by atoms with E-state index in [1.54, 1.807) is 12.3 Å². The summed E-state index contributed by atoms with van der Waals surface area (Å²) in [5.74, 6) is 0.0745. The average Bonchev–Trinajstić information content (AvgIpc) is 2.84. The third-order valence-corrected chi connectivity index (χ3v) is 4.11. The fourth-order valence-corrected chi connectivity index (χ4v) is 3.08. The van der Waals surface area contributed by atoms with Crippen LogP contribution in [0.3, 0.4) is 0 Å². The van der Waals surface area contributed by atoms with Gasteiger partial charge >= 0.3 is 0 Å². The number of nitrogens with one attached hydrogen (secondary N) is 1. The third kappa shape index (κ3) is 2.51. The second-order valence-corrected chi connectivity index (χ2v) is 5.89. The van der Waals surface area contributed by atoms with Gasteiger partial charge in [0.25, 0.3) is 0 Å². The highest BCUT2D eigenvalue weighted by molar-refractivity contribution is 9.10. The molecular formula is C16H11BrClNO. The van der Waals surface area contributed by atoms with Crippen LogP contribution in [-0.4, -0.2) is 10.8 Å². The minimum atomic E-state index is 0.0745. The summed E-state index contributed by atoms with van der Waals surface area (Å²) in [5.41, 5.74) is 2.57. The summed E-state index contributed by atoms with van der Waals surface area (Å²) in [4.78, 5) is 15.6. The minimum absolute atomic E-state index is 0.0745. The summed E-state index contributed by atoms with van der Waals surface area (Å²) in [5, 5.41) is 1.58. The van der Waals surface area contributed by atoms with E-state index < -0.39 is 0 Å². The van der Waals surface area contributed by atoms with Gasteiger partial charge in [-0.1, -0.05) is 45.7 Å². The number of aromatic nitrogens is 1. The highest BCUT2D eigenvalue weighted by Crippen LogP contribution is 2.28. The third-order valence-electron chi connectivity index (χ3n) is 3.21. The summed E-state index contributed by atoms with van der Waals surface area (Å²) in [6, 6.07) is 13.2. The molecule has 0 saturated carbocycles. The number of hydrogen-bond donors (Lipinski definition) is 1. The number of hydrogen-bond acceptors (Lipinski definition) is 1. The largest absolute Gasteiger partial charge is 0.360 e. The Morgan fingerprint density at radius 2 is 2.00 bits per heavy atom. The zero-order valence-corrected chi connectivity index (χ0v) is 12.8. The van der Waals surface area contributed by atoms with Crippen LogP contribution in [0, 0.1) is 0 Å². The van der Waals surface area contributed by atoms with Gasteiger partial charge in [0.2, 0.25) is 0 Å². The molecule has 0 amide bonds. The van der Waals surface area contributed by atoms with Crippen LogP contribution in [0.4, 0.5) is 0 Å². The predicted molar refractivity (Wildman–Crippen MR) is 85.5 cm³/mol. The molecule has 0 saturated heterocycles. The van der Waals surface area contributed by atoms with Crippen LogP contribution in [0.5, 0.6) is 0 Å². The zero-order valence-electron chi connectivity index (χ0n) is 10.5. The maximum absolute atomic E-state index is 12.5. The fraction of sp³-hybridized carbons (Fsp3) is 0.0625. The molecule has 4 heteroatoms. The number of carbonyl (C=O) groups is 1. The van der Waals surface area contributed by atoms with Gasteiger partial charge in [-0.3, -0.25) is 4.79 Å². The molecule has 1 aromatic heterocycles. The lowest BCUT2D eigenvalue weighted by Gasteiger charge is -2.02. The van der Waals surface area contributed by atoms with E-state index in [-0.39, 0.29) is 5.78 Å². The summed E-state index contributed by atoms with van der Waals surface area (Å²) in [6.07, 6.45) is 2.11. The summed E-state index contributed by atoms with van der Waals surface area (Å²) in [7, 11) is 0. The first-order valence-corrected chi connectivity index (χ1v) is 7.35. The van der Waals surface area contributed by atoms with Crippen molar-refractivity contribution in [1.29, 1.82) is 0 Å². The van der Waals surface area contributed by atoms with Crippen molar-refractivity contribution in [3.8, 4) is 0 Å². The van der Waals surface area contributed by atoms with Crippen LogP contribution in [0.15, 0.2) is 53.1 Å². The lowest BCUT2D eigenvalue weighted by atomic mass is 10.0. The van der Waals surface area contributed by atoms with Crippen molar-refractivity contribution in [1.82, 2.24) is 4.98 Å². The van der Waals surface area contributed by atoms with Gasteiger partial charge in [0.15, 0.2) is 5.78 Å². The van der Waals surface area contributed by atoms with Gasteiger partial charge in [0.05, 0.1) is 0 Å². The molecule has 0 aliphatic rings. The Hall–Kier alpha value is -1.58. The SMILES string of the molecule is O=C(Cc1cccc(Cl)c1)c1c[nH]c2cccc(Br)c12. The second-order valence-electron chi connectivity index (χ2n) is 4.59. The van der Waals surface area contributed by atoms with E-state index in [9.17, 15) is 4.79 Å².